The number of hydrogen-bond acceptors (Lipinski definition) is 2. The van der Waals surface area contributed by atoms with Crippen LogP contribution in [-0.4, -0.2) is 24.0 Å². The largest absolute Gasteiger partial charge is 0.320 e. The zero-order valence-electron chi connectivity index (χ0n) is 14.2. The molecular formula is C18H31FN2. The highest BCUT2D eigenvalue weighted by atomic mass is 19.1. The van der Waals surface area contributed by atoms with Gasteiger partial charge in [0.2, 0.25) is 0 Å². The van der Waals surface area contributed by atoms with Crippen LogP contribution in [0, 0.1) is 11.7 Å². The van der Waals surface area contributed by atoms with E-state index >= 15 is 0 Å². The Bertz CT molecular complexity index is 412. The van der Waals surface area contributed by atoms with E-state index in [2.05, 4.69) is 39.5 Å². The Balaban J connectivity index is 3.26. The van der Waals surface area contributed by atoms with E-state index in [4.69, 9.17) is 5.73 Å². The van der Waals surface area contributed by atoms with Gasteiger partial charge in [-0.1, -0.05) is 46.8 Å². The fraction of sp³-hybridized carbons (Fsp3) is 0.667. The third-order valence-electron chi connectivity index (χ3n) is 4.36. The minimum absolute atomic E-state index is 0.207. The van der Waals surface area contributed by atoms with Gasteiger partial charge in [-0.25, -0.2) is 4.39 Å². The topological polar surface area (TPSA) is 29.3 Å². The van der Waals surface area contributed by atoms with Crippen molar-refractivity contribution < 1.29 is 4.39 Å². The third-order valence-corrected chi connectivity index (χ3v) is 4.36. The maximum Gasteiger partial charge on any atom is 0.123 e. The second-order valence-corrected chi connectivity index (χ2v) is 6.29. The number of benzene rings is 1. The molecule has 0 aliphatic heterocycles. The number of hydrogen-bond donors (Lipinski definition) is 1. The van der Waals surface area contributed by atoms with Crippen LogP contribution in [0.5, 0.6) is 0 Å². The van der Waals surface area contributed by atoms with Crippen LogP contribution >= 0.6 is 0 Å². The summed E-state index contributed by atoms with van der Waals surface area (Å²) in [7, 11) is 0. The highest BCUT2D eigenvalue weighted by molar-refractivity contribution is 5.27. The Morgan fingerprint density at radius 2 is 1.62 bits per heavy atom. The molecule has 2 atom stereocenters. The van der Waals surface area contributed by atoms with Crippen molar-refractivity contribution in [1.82, 2.24) is 4.90 Å². The van der Waals surface area contributed by atoms with Crippen LogP contribution in [0.3, 0.4) is 0 Å². The van der Waals surface area contributed by atoms with Crippen LogP contribution in [0.15, 0.2) is 24.3 Å². The molecule has 2 N–H and O–H groups in total. The SMILES string of the molecule is CCC(N(CC)CC)C(N)(CC(C)C)c1ccc(F)cc1. The lowest BCUT2D eigenvalue weighted by Crippen LogP contribution is -2.56. The summed E-state index contributed by atoms with van der Waals surface area (Å²) in [5.74, 6) is 0.284. The Hall–Kier alpha value is -0.930. The maximum absolute atomic E-state index is 13.3. The van der Waals surface area contributed by atoms with Gasteiger partial charge in [-0.3, -0.25) is 4.90 Å². The van der Waals surface area contributed by atoms with Crippen molar-refractivity contribution in [3.63, 3.8) is 0 Å². The van der Waals surface area contributed by atoms with E-state index in [1.807, 2.05) is 12.1 Å². The van der Waals surface area contributed by atoms with Gasteiger partial charge in [-0.2, -0.15) is 0 Å². The molecule has 2 unspecified atom stereocenters. The average molecular weight is 294 g/mol. The molecule has 120 valence electrons. The van der Waals surface area contributed by atoms with E-state index in [1.54, 1.807) is 0 Å². The predicted octanol–water partition coefficient (Wildman–Crippen LogP) is 4.15. The lowest BCUT2D eigenvalue weighted by Gasteiger charge is -2.44. The van der Waals surface area contributed by atoms with Crippen molar-refractivity contribution in [3.8, 4) is 0 Å². The average Bonchev–Trinajstić information content (AvgIpc) is 2.44. The standard InChI is InChI=1S/C18H31FN2/c1-6-17(21(7-2)8-3)18(20,13-14(4)5)15-9-11-16(19)12-10-15/h9-12,14,17H,6-8,13,20H2,1-5H3. The minimum Gasteiger partial charge on any atom is -0.320 e. The maximum atomic E-state index is 13.3. The second-order valence-electron chi connectivity index (χ2n) is 6.29. The minimum atomic E-state index is -0.442. The van der Waals surface area contributed by atoms with Crippen molar-refractivity contribution >= 4 is 0 Å². The molecule has 0 heterocycles. The van der Waals surface area contributed by atoms with Crippen LogP contribution in [-0.2, 0) is 5.54 Å². The fourth-order valence-corrected chi connectivity index (χ4v) is 3.49. The molecule has 2 nitrogen and oxygen atoms in total. The number of likely N-dealkylation sites (N-methyl/N-ethyl adjacent to an activating group) is 1. The van der Waals surface area contributed by atoms with Gasteiger partial charge in [0.1, 0.15) is 5.82 Å². The molecule has 0 saturated heterocycles. The van der Waals surface area contributed by atoms with Gasteiger partial charge in [0.25, 0.3) is 0 Å². The first-order valence-electron chi connectivity index (χ1n) is 8.17. The molecule has 0 fully saturated rings. The van der Waals surface area contributed by atoms with Gasteiger partial charge in [0, 0.05) is 6.04 Å². The predicted molar refractivity (Wildman–Crippen MR) is 88.7 cm³/mol. The molecule has 1 aromatic carbocycles. The van der Waals surface area contributed by atoms with E-state index in [0.29, 0.717) is 5.92 Å². The van der Waals surface area contributed by atoms with Crippen molar-refractivity contribution in [2.45, 2.75) is 59.0 Å². The highest BCUT2D eigenvalue weighted by Gasteiger charge is 2.38. The molecule has 0 radical (unpaired) electrons. The summed E-state index contributed by atoms with van der Waals surface area (Å²) in [6, 6.07) is 7.01. The Morgan fingerprint density at radius 3 is 2.00 bits per heavy atom. The van der Waals surface area contributed by atoms with E-state index < -0.39 is 5.54 Å². The van der Waals surface area contributed by atoms with Gasteiger partial charge >= 0.3 is 0 Å². The summed E-state index contributed by atoms with van der Waals surface area (Å²) in [5.41, 5.74) is 7.51. The summed E-state index contributed by atoms with van der Waals surface area (Å²) in [4.78, 5) is 2.42. The number of halogens is 1. The summed E-state index contributed by atoms with van der Waals surface area (Å²) in [6.07, 6.45) is 1.88. The quantitative estimate of drug-likeness (QED) is 0.780. The van der Waals surface area contributed by atoms with Crippen LogP contribution in [0.4, 0.5) is 4.39 Å². The van der Waals surface area contributed by atoms with Gasteiger partial charge in [-0.15, -0.1) is 0 Å². The fourth-order valence-electron chi connectivity index (χ4n) is 3.49. The van der Waals surface area contributed by atoms with Crippen molar-refractivity contribution in [3.05, 3.63) is 35.6 Å². The molecule has 1 aromatic rings. The molecule has 0 spiro atoms. The molecule has 0 aliphatic carbocycles. The van der Waals surface area contributed by atoms with Crippen molar-refractivity contribution in [2.24, 2.45) is 11.7 Å². The zero-order valence-corrected chi connectivity index (χ0v) is 14.2. The first kappa shape index (κ1) is 18.1. The van der Waals surface area contributed by atoms with Crippen molar-refractivity contribution in [2.75, 3.05) is 13.1 Å². The first-order valence-corrected chi connectivity index (χ1v) is 8.17. The number of nitrogens with zero attached hydrogens (tertiary/aromatic N) is 1. The van der Waals surface area contributed by atoms with E-state index in [0.717, 1.165) is 31.5 Å². The zero-order chi connectivity index (χ0) is 16.0. The molecule has 0 aliphatic rings. The van der Waals surface area contributed by atoms with Crippen LogP contribution in [0.25, 0.3) is 0 Å². The van der Waals surface area contributed by atoms with Gasteiger partial charge in [0.05, 0.1) is 5.54 Å². The number of rotatable bonds is 8. The van der Waals surface area contributed by atoms with Crippen LogP contribution in [0.1, 0.15) is 53.0 Å². The summed E-state index contributed by atoms with van der Waals surface area (Å²) in [6.45, 7) is 12.9. The normalized spacial score (nSPS) is 16.2. The third kappa shape index (κ3) is 4.27. The molecule has 21 heavy (non-hydrogen) atoms. The highest BCUT2D eigenvalue weighted by Crippen LogP contribution is 2.34. The number of nitrogens with two attached hydrogens (primary N) is 1. The summed E-state index contributed by atoms with van der Waals surface area (Å²) >= 11 is 0. The lowest BCUT2D eigenvalue weighted by molar-refractivity contribution is 0.108. The Kier molecular flexibility index (Phi) is 6.82. The van der Waals surface area contributed by atoms with Crippen molar-refractivity contribution in [1.29, 1.82) is 0 Å². The Labute approximate surface area is 129 Å². The van der Waals surface area contributed by atoms with Gasteiger partial charge in [-0.05, 0) is 49.5 Å². The molecule has 0 saturated carbocycles. The first-order chi connectivity index (χ1) is 9.88. The second kappa shape index (κ2) is 7.90. The molecule has 1 rings (SSSR count). The van der Waals surface area contributed by atoms with E-state index in [9.17, 15) is 4.39 Å². The van der Waals surface area contributed by atoms with E-state index in [-0.39, 0.29) is 11.9 Å². The Morgan fingerprint density at radius 1 is 1.10 bits per heavy atom. The molecule has 0 aromatic heterocycles. The van der Waals surface area contributed by atoms with Gasteiger partial charge in [0.15, 0.2) is 0 Å². The summed E-state index contributed by atoms with van der Waals surface area (Å²) in [5, 5.41) is 0. The molecular weight excluding hydrogens is 263 g/mol. The molecule has 3 heteroatoms. The smallest absolute Gasteiger partial charge is 0.123 e. The molecule has 0 bridgehead atoms. The van der Waals surface area contributed by atoms with Crippen LogP contribution < -0.4 is 5.73 Å². The monoisotopic (exact) mass is 294 g/mol. The lowest BCUT2D eigenvalue weighted by atomic mass is 9.75. The summed E-state index contributed by atoms with van der Waals surface area (Å²) < 4.78 is 13.3. The van der Waals surface area contributed by atoms with Gasteiger partial charge < -0.3 is 5.73 Å². The van der Waals surface area contributed by atoms with Crippen LogP contribution in [0.2, 0.25) is 0 Å². The molecule has 0 amide bonds. The van der Waals surface area contributed by atoms with E-state index in [1.165, 1.54) is 12.1 Å².